The fourth-order valence-electron chi connectivity index (χ4n) is 3.43. The van der Waals surface area contributed by atoms with E-state index in [1.165, 1.54) is 25.7 Å². The molecular weight excluding hydrogens is 246 g/mol. The van der Waals surface area contributed by atoms with Gasteiger partial charge in [0.1, 0.15) is 0 Å². The summed E-state index contributed by atoms with van der Waals surface area (Å²) in [4.78, 5) is 0. The van der Waals surface area contributed by atoms with Crippen LogP contribution in [0.15, 0.2) is 0 Å². The predicted molar refractivity (Wildman–Crippen MR) is 75.3 cm³/mol. The topological polar surface area (TPSA) is 46.2 Å². The van der Waals surface area contributed by atoms with Crippen LogP contribution in [0.4, 0.5) is 0 Å². The van der Waals surface area contributed by atoms with Crippen molar-refractivity contribution < 1.29 is 8.42 Å². The highest BCUT2D eigenvalue weighted by Gasteiger charge is 2.39. The summed E-state index contributed by atoms with van der Waals surface area (Å²) in [6.07, 6.45) is 5.62. The van der Waals surface area contributed by atoms with Crippen LogP contribution in [0, 0.1) is 17.8 Å². The lowest BCUT2D eigenvalue weighted by Gasteiger charge is -2.23. The van der Waals surface area contributed by atoms with Crippen molar-refractivity contribution in [1.82, 2.24) is 5.32 Å². The van der Waals surface area contributed by atoms with Crippen molar-refractivity contribution in [2.24, 2.45) is 17.8 Å². The maximum Gasteiger partial charge on any atom is 0.156 e. The molecule has 3 nitrogen and oxygen atoms in total. The van der Waals surface area contributed by atoms with Gasteiger partial charge in [0.25, 0.3) is 0 Å². The van der Waals surface area contributed by atoms with Gasteiger partial charge in [-0.3, -0.25) is 0 Å². The van der Waals surface area contributed by atoms with Gasteiger partial charge < -0.3 is 5.32 Å². The van der Waals surface area contributed by atoms with Crippen LogP contribution < -0.4 is 5.32 Å². The molecule has 0 heterocycles. The maximum absolute atomic E-state index is 11.9. The first-order valence-corrected chi connectivity index (χ1v) is 8.88. The van der Waals surface area contributed by atoms with E-state index in [1.54, 1.807) is 20.8 Å². The lowest BCUT2D eigenvalue weighted by molar-refractivity contribution is 0.321. The average Bonchev–Trinajstić information content (AvgIpc) is 2.84. The third kappa shape index (κ3) is 3.08. The van der Waals surface area contributed by atoms with Gasteiger partial charge >= 0.3 is 0 Å². The number of rotatable bonds is 5. The Bertz CT molecular complexity index is 383. The molecule has 0 aromatic heterocycles. The van der Waals surface area contributed by atoms with Gasteiger partial charge in [0, 0.05) is 6.54 Å². The Morgan fingerprint density at radius 1 is 1.17 bits per heavy atom. The van der Waals surface area contributed by atoms with Crippen LogP contribution in [0.1, 0.15) is 46.5 Å². The van der Waals surface area contributed by atoms with Gasteiger partial charge in [0.05, 0.1) is 10.5 Å². The van der Waals surface area contributed by atoms with Gasteiger partial charge in [-0.2, -0.15) is 0 Å². The minimum atomic E-state index is -2.97. The molecule has 2 aliphatic rings. The highest BCUT2D eigenvalue weighted by molar-refractivity contribution is 7.92. The van der Waals surface area contributed by atoms with Crippen molar-refractivity contribution >= 4 is 9.84 Å². The molecule has 0 amide bonds. The monoisotopic (exact) mass is 273 g/mol. The van der Waals surface area contributed by atoms with Crippen LogP contribution in [0.3, 0.4) is 0 Å². The van der Waals surface area contributed by atoms with Gasteiger partial charge in [-0.05, 0) is 64.3 Å². The van der Waals surface area contributed by atoms with E-state index in [2.05, 4.69) is 5.32 Å². The second kappa shape index (κ2) is 5.12. The SMILES string of the molecule is CC(C)(C)S(=O)(=O)CCNCC1CC2CCC1C2. The first-order chi connectivity index (χ1) is 8.29. The molecule has 0 aromatic rings. The van der Waals surface area contributed by atoms with Crippen molar-refractivity contribution in [3.8, 4) is 0 Å². The summed E-state index contributed by atoms with van der Waals surface area (Å²) >= 11 is 0. The smallest absolute Gasteiger partial charge is 0.156 e. The molecule has 1 N–H and O–H groups in total. The number of hydrogen-bond acceptors (Lipinski definition) is 3. The Kier molecular flexibility index (Phi) is 4.07. The summed E-state index contributed by atoms with van der Waals surface area (Å²) in [5, 5.41) is 3.36. The minimum absolute atomic E-state index is 0.261. The molecule has 0 spiro atoms. The molecule has 0 aliphatic heterocycles. The molecule has 0 saturated heterocycles. The van der Waals surface area contributed by atoms with Crippen LogP contribution >= 0.6 is 0 Å². The molecule has 0 radical (unpaired) electrons. The summed E-state index contributed by atoms with van der Waals surface area (Å²) in [5.74, 6) is 2.96. The molecule has 106 valence electrons. The second-order valence-electron chi connectivity index (χ2n) is 7.07. The molecular formula is C14H27NO2S. The third-order valence-electron chi connectivity index (χ3n) is 4.77. The summed E-state index contributed by atoms with van der Waals surface area (Å²) in [7, 11) is -2.97. The maximum atomic E-state index is 11.9. The Balaban J connectivity index is 1.68. The minimum Gasteiger partial charge on any atom is -0.315 e. The lowest BCUT2D eigenvalue weighted by Crippen LogP contribution is -2.36. The Morgan fingerprint density at radius 2 is 1.89 bits per heavy atom. The number of nitrogens with one attached hydrogen (secondary N) is 1. The Labute approximate surface area is 112 Å². The van der Waals surface area contributed by atoms with Crippen LogP contribution in [0.2, 0.25) is 0 Å². The van der Waals surface area contributed by atoms with Crippen LogP contribution in [0.25, 0.3) is 0 Å². The summed E-state index contributed by atoms with van der Waals surface area (Å²) in [6.45, 7) is 6.95. The normalized spacial score (nSPS) is 32.1. The molecule has 3 atom stereocenters. The van der Waals surface area contributed by atoms with Crippen LogP contribution in [0.5, 0.6) is 0 Å². The Morgan fingerprint density at radius 3 is 2.39 bits per heavy atom. The molecule has 2 fully saturated rings. The quantitative estimate of drug-likeness (QED) is 0.781. The number of hydrogen-bond donors (Lipinski definition) is 1. The molecule has 4 heteroatoms. The first kappa shape index (κ1) is 14.3. The van der Waals surface area contributed by atoms with Crippen molar-refractivity contribution in [1.29, 1.82) is 0 Å². The van der Waals surface area contributed by atoms with E-state index < -0.39 is 14.6 Å². The molecule has 3 unspecified atom stereocenters. The fourth-order valence-corrected chi connectivity index (χ4v) is 4.45. The molecule has 2 bridgehead atoms. The molecule has 2 aliphatic carbocycles. The fraction of sp³-hybridized carbons (Fsp3) is 1.00. The van der Waals surface area contributed by atoms with E-state index in [-0.39, 0.29) is 5.75 Å². The highest BCUT2D eigenvalue weighted by atomic mass is 32.2. The van der Waals surface area contributed by atoms with E-state index >= 15 is 0 Å². The van der Waals surface area contributed by atoms with Gasteiger partial charge in [-0.15, -0.1) is 0 Å². The standard InChI is InChI=1S/C14H27NO2S/c1-14(2,3)18(16,17)7-6-15-10-13-9-11-4-5-12(13)8-11/h11-13,15H,4-10H2,1-3H3. The first-order valence-electron chi connectivity index (χ1n) is 7.22. The zero-order valence-electron chi connectivity index (χ0n) is 11.9. The molecule has 0 aromatic carbocycles. The van der Waals surface area contributed by atoms with Crippen molar-refractivity contribution in [3.05, 3.63) is 0 Å². The summed E-state index contributed by atoms with van der Waals surface area (Å²) in [5.41, 5.74) is 0. The number of fused-ring (bicyclic) bond motifs is 2. The zero-order chi connectivity index (χ0) is 13.4. The average molecular weight is 273 g/mol. The summed E-state index contributed by atoms with van der Waals surface area (Å²) in [6, 6.07) is 0. The number of sulfone groups is 1. The van der Waals surface area contributed by atoms with E-state index in [4.69, 9.17) is 0 Å². The molecule has 2 saturated carbocycles. The van der Waals surface area contributed by atoms with Crippen molar-refractivity contribution in [2.75, 3.05) is 18.8 Å². The van der Waals surface area contributed by atoms with Gasteiger partial charge in [0.15, 0.2) is 9.84 Å². The third-order valence-corrected chi connectivity index (χ3v) is 7.38. The lowest BCUT2D eigenvalue weighted by atomic mass is 9.89. The zero-order valence-corrected chi connectivity index (χ0v) is 12.7. The molecule has 2 rings (SSSR count). The van der Waals surface area contributed by atoms with Crippen molar-refractivity contribution in [3.63, 3.8) is 0 Å². The summed E-state index contributed by atoms with van der Waals surface area (Å²) < 4.78 is 23.2. The van der Waals surface area contributed by atoms with E-state index in [1.807, 2.05) is 0 Å². The van der Waals surface area contributed by atoms with Gasteiger partial charge in [-0.25, -0.2) is 8.42 Å². The largest absolute Gasteiger partial charge is 0.315 e. The van der Waals surface area contributed by atoms with Crippen LogP contribution in [-0.4, -0.2) is 32.0 Å². The Hall–Kier alpha value is -0.0900. The second-order valence-corrected chi connectivity index (χ2v) is 9.93. The van der Waals surface area contributed by atoms with Crippen molar-refractivity contribution in [2.45, 2.75) is 51.2 Å². The van der Waals surface area contributed by atoms with Gasteiger partial charge in [0.2, 0.25) is 0 Å². The van der Waals surface area contributed by atoms with E-state index in [0.717, 1.165) is 24.3 Å². The highest BCUT2D eigenvalue weighted by Crippen LogP contribution is 2.47. The predicted octanol–water partition coefficient (Wildman–Crippen LogP) is 2.23. The van der Waals surface area contributed by atoms with E-state index in [9.17, 15) is 8.42 Å². The molecule has 18 heavy (non-hydrogen) atoms. The van der Waals surface area contributed by atoms with Gasteiger partial charge in [-0.1, -0.05) is 6.42 Å². The van der Waals surface area contributed by atoms with Crippen LogP contribution in [-0.2, 0) is 9.84 Å². The van der Waals surface area contributed by atoms with E-state index in [0.29, 0.717) is 6.54 Å².